The SMILES string of the molecule is Cc1cccc(C#Cc2ccc(N3CC(C)(C)N(C)C3=O)nn2)c1. The summed E-state index contributed by atoms with van der Waals surface area (Å²) in [6, 6.07) is 11.5. The molecule has 2 heterocycles. The van der Waals surface area contributed by atoms with Crippen molar-refractivity contribution >= 4 is 11.8 Å². The molecular formula is C19H20N4O. The van der Waals surface area contributed by atoms with Crippen LogP contribution in [0, 0.1) is 18.8 Å². The molecule has 1 fully saturated rings. The second kappa shape index (κ2) is 5.97. The number of aryl methyl sites for hydroxylation is 1. The number of carbonyl (C=O) groups is 1. The van der Waals surface area contributed by atoms with E-state index in [2.05, 4.69) is 22.0 Å². The van der Waals surface area contributed by atoms with Gasteiger partial charge >= 0.3 is 6.03 Å². The van der Waals surface area contributed by atoms with Crippen LogP contribution in [-0.4, -0.2) is 40.3 Å². The van der Waals surface area contributed by atoms with Crippen molar-refractivity contribution in [2.45, 2.75) is 26.3 Å². The number of hydrogen-bond donors (Lipinski definition) is 0. The molecule has 5 nitrogen and oxygen atoms in total. The summed E-state index contributed by atoms with van der Waals surface area (Å²) in [6.07, 6.45) is 0. The first-order chi connectivity index (χ1) is 11.4. The lowest BCUT2D eigenvalue weighted by atomic mass is 10.1. The Kier molecular flexibility index (Phi) is 3.98. The van der Waals surface area contributed by atoms with E-state index >= 15 is 0 Å². The minimum absolute atomic E-state index is 0.0621. The van der Waals surface area contributed by atoms with Crippen LogP contribution in [-0.2, 0) is 0 Å². The molecule has 0 atom stereocenters. The lowest BCUT2D eigenvalue weighted by molar-refractivity contribution is 0.198. The molecule has 0 spiro atoms. The number of hydrogen-bond acceptors (Lipinski definition) is 3. The third-order valence-electron chi connectivity index (χ3n) is 4.25. The standard InChI is InChI=1S/C19H20N4O/c1-14-6-5-7-15(12-14)8-9-16-10-11-17(21-20-16)23-13-19(2,3)22(4)18(23)24/h5-7,10-12H,13H2,1-4H3. The van der Waals surface area contributed by atoms with Gasteiger partial charge in [-0.1, -0.05) is 18.1 Å². The lowest BCUT2D eigenvalue weighted by Crippen LogP contribution is -2.38. The van der Waals surface area contributed by atoms with Crippen LogP contribution in [0.15, 0.2) is 36.4 Å². The minimum Gasteiger partial charge on any atom is -0.320 e. The molecule has 0 radical (unpaired) electrons. The summed E-state index contributed by atoms with van der Waals surface area (Å²) in [5, 5.41) is 8.30. The van der Waals surface area contributed by atoms with Crippen molar-refractivity contribution in [2.75, 3.05) is 18.5 Å². The Hall–Kier alpha value is -2.87. The van der Waals surface area contributed by atoms with Gasteiger partial charge in [0.15, 0.2) is 5.82 Å². The Bertz CT molecular complexity index is 830. The van der Waals surface area contributed by atoms with E-state index in [1.807, 2.05) is 45.0 Å². The van der Waals surface area contributed by atoms with E-state index in [-0.39, 0.29) is 11.6 Å². The molecule has 1 saturated heterocycles. The van der Waals surface area contributed by atoms with Crippen molar-refractivity contribution < 1.29 is 4.79 Å². The van der Waals surface area contributed by atoms with Crippen LogP contribution in [0.5, 0.6) is 0 Å². The van der Waals surface area contributed by atoms with Gasteiger partial charge in [-0.2, -0.15) is 0 Å². The molecule has 0 unspecified atom stereocenters. The Balaban J connectivity index is 1.79. The summed E-state index contributed by atoms with van der Waals surface area (Å²) < 4.78 is 0. The third-order valence-corrected chi connectivity index (χ3v) is 4.25. The van der Waals surface area contributed by atoms with Gasteiger partial charge in [-0.05, 0) is 56.5 Å². The van der Waals surface area contributed by atoms with Crippen molar-refractivity contribution in [3.8, 4) is 11.8 Å². The molecule has 1 aromatic carbocycles. The van der Waals surface area contributed by atoms with E-state index in [1.54, 1.807) is 29.0 Å². The van der Waals surface area contributed by atoms with Crippen LogP contribution in [0.3, 0.4) is 0 Å². The van der Waals surface area contributed by atoms with Crippen molar-refractivity contribution in [1.82, 2.24) is 15.1 Å². The molecule has 122 valence electrons. The van der Waals surface area contributed by atoms with Gasteiger partial charge < -0.3 is 4.90 Å². The molecule has 24 heavy (non-hydrogen) atoms. The molecule has 1 aliphatic rings. The summed E-state index contributed by atoms with van der Waals surface area (Å²) in [5.41, 5.74) is 2.48. The van der Waals surface area contributed by atoms with Crippen LogP contribution < -0.4 is 4.90 Å². The zero-order valence-electron chi connectivity index (χ0n) is 14.4. The van der Waals surface area contributed by atoms with Gasteiger partial charge in [0, 0.05) is 12.6 Å². The summed E-state index contributed by atoms with van der Waals surface area (Å²) in [7, 11) is 1.80. The largest absolute Gasteiger partial charge is 0.326 e. The highest BCUT2D eigenvalue weighted by Gasteiger charge is 2.41. The molecule has 0 saturated carbocycles. The third kappa shape index (κ3) is 3.09. The lowest BCUT2D eigenvalue weighted by Gasteiger charge is -2.24. The number of anilines is 1. The highest BCUT2D eigenvalue weighted by molar-refractivity contribution is 5.94. The number of benzene rings is 1. The molecule has 3 rings (SSSR count). The molecule has 0 aliphatic carbocycles. The van der Waals surface area contributed by atoms with E-state index in [1.165, 1.54) is 5.56 Å². The Morgan fingerprint density at radius 2 is 1.92 bits per heavy atom. The normalized spacial score (nSPS) is 16.1. The van der Waals surface area contributed by atoms with Gasteiger partial charge in [-0.25, -0.2) is 4.79 Å². The molecule has 5 heteroatoms. The predicted molar refractivity (Wildman–Crippen MR) is 93.8 cm³/mol. The summed E-state index contributed by atoms with van der Waals surface area (Å²) in [6.45, 7) is 6.68. The van der Waals surface area contributed by atoms with Crippen molar-refractivity contribution in [1.29, 1.82) is 0 Å². The van der Waals surface area contributed by atoms with Crippen LogP contribution in [0.1, 0.15) is 30.7 Å². The van der Waals surface area contributed by atoms with Crippen molar-refractivity contribution in [2.24, 2.45) is 0 Å². The highest BCUT2D eigenvalue weighted by Crippen LogP contribution is 2.27. The first-order valence-electron chi connectivity index (χ1n) is 7.84. The topological polar surface area (TPSA) is 49.3 Å². The zero-order valence-corrected chi connectivity index (χ0v) is 14.4. The van der Waals surface area contributed by atoms with E-state index < -0.39 is 0 Å². The molecule has 1 aromatic heterocycles. The number of carbonyl (C=O) groups excluding carboxylic acids is 1. The Morgan fingerprint density at radius 1 is 1.12 bits per heavy atom. The van der Waals surface area contributed by atoms with Gasteiger partial charge in [-0.15, -0.1) is 10.2 Å². The molecule has 2 aromatic rings. The van der Waals surface area contributed by atoms with Gasteiger partial charge in [0.1, 0.15) is 5.69 Å². The molecule has 0 bridgehead atoms. The summed E-state index contributed by atoms with van der Waals surface area (Å²) >= 11 is 0. The minimum atomic E-state index is -0.220. The maximum atomic E-state index is 12.3. The van der Waals surface area contributed by atoms with E-state index in [9.17, 15) is 4.79 Å². The fraction of sp³-hybridized carbons (Fsp3) is 0.316. The summed E-state index contributed by atoms with van der Waals surface area (Å²) in [5.74, 6) is 6.64. The van der Waals surface area contributed by atoms with Crippen molar-refractivity contribution in [3.63, 3.8) is 0 Å². The zero-order chi connectivity index (χ0) is 17.3. The monoisotopic (exact) mass is 320 g/mol. The van der Waals surface area contributed by atoms with Gasteiger partial charge in [0.05, 0.1) is 12.1 Å². The maximum Gasteiger partial charge on any atom is 0.326 e. The number of rotatable bonds is 1. The van der Waals surface area contributed by atoms with Crippen molar-refractivity contribution in [3.05, 3.63) is 53.2 Å². The van der Waals surface area contributed by atoms with Crippen LogP contribution >= 0.6 is 0 Å². The number of likely N-dealkylation sites (N-methyl/N-ethyl adjacent to an activating group) is 1. The van der Waals surface area contributed by atoms with Crippen LogP contribution in [0.25, 0.3) is 0 Å². The Labute approximate surface area is 142 Å². The van der Waals surface area contributed by atoms with Gasteiger partial charge in [-0.3, -0.25) is 4.90 Å². The molecule has 0 N–H and O–H groups in total. The predicted octanol–water partition coefficient (Wildman–Crippen LogP) is 2.84. The quantitative estimate of drug-likeness (QED) is 0.759. The molecule has 1 aliphatic heterocycles. The second-order valence-electron chi connectivity index (χ2n) is 6.64. The second-order valence-corrected chi connectivity index (χ2v) is 6.64. The molecular weight excluding hydrogens is 300 g/mol. The number of aromatic nitrogens is 2. The molecule has 2 amide bonds. The van der Waals surface area contributed by atoms with Crippen LogP contribution in [0.2, 0.25) is 0 Å². The Morgan fingerprint density at radius 3 is 2.50 bits per heavy atom. The number of amides is 2. The average Bonchev–Trinajstić information content (AvgIpc) is 2.77. The average molecular weight is 320 g/mol. The van der Waals surface area contributed by atoms with Crippen LogP contribution in [0.4, 0.5) is 10.6 Å². The summed E-state index contributed by atoms with van der Waals surface area (Å²) in [4.78, 5) is 15.7. The van der Waals surface area contributed by atoms with Gasteiger partial charge in [0.25, 0.3) is 0 Å². The number of nitrogens with zero attached hydrogens (tertiary/aromatic N) is 4. The first-order valence-corrected chi connectivity index (χ1v) is 7.84. The highest BCUT2D eigenvalue weighted by atomic mass is 16.2. The van der Waals surface area contributed by atoms with E-state index in [0.717, 1.165) is 5.56 Å². The smallest absolute Gasteiger partial charge is 0.320 e. The maximum absolute atomic E-state index is 12.3. The fourth-order valence-corrected chi connectivity index (χ4v) is 2.57. The fourth-order valence-electron chi connectivity index (χ4n) is 2.57. The van der Waals surface area contributed by atoms with E-state index in [0.29, 0.717) is 18.1 Å². The first kappa shape index (κ1) is 16.0. The van der Waals surface area contributed by atoms with E-state index in [4.69, 9.17) is 0 Å². The van der Waals surface area contributed by atoms with Gasteiger partial charge in [0.2, 0.25) is 0 Å². The number of urea groups is 1.